The van der Waals surface area contributed by atoms with E-state index in [9.17, 15) is 4.79 Å². The number of hydrogen-bond acceptors (Lipinski definition) is 5. The number of methoxy groups -OCH3 is 1. The molecule has 0 bridgehead atoms. The number of nitrogens with one attached hydrogen (secondary N) is 4. The van der Waals surface area contributed by atoms with Crippen LogP contribution in [0.1, 0.15) is 25.0 Å². The lowest BCUT2D eigenvalue weighted by molar-refractivity contribution is -0.125. The largest absolute Gasteiger partial charge is 0.375 e. The number of piperidine rings is 1. The first-order valence-electron chi connectivity index (χ1n) is 8.40. The Morgan fingerprint density at radius 1 is 1.32 bits per heavy atom. The molecule has 0 saturated carbocycles. The third kappa shape index (κ3) is 4.64. The summed E-state index contributed by atoms with van der Waals surface area (Å²) >= 11 is 5.94. The van der Waals surface area contributed by atoms with Gasteiger partial charge in [-0.3, -0.25) is 10.2 Å². The first-order chi connectivity index (χ1) is 11.6. The second-order valence-corrected chi connectivity index (χ2v) is 6.97. The lowest BCUT2D eigenvalue weighted by atomic mass is 9.89. The highest BCUT2D eigenvalue weighted by Crippen LogP contribution is 2.24. The van der Waals surface area contributed by atoms with Crippen molar-refractivity contribution in [1.82, 2.24) is 21.5 Å². The molecule has 25 heavy (non-hydrogen) atoms. The minimum absolute atomic E-state index is 0. The maximum Gasteiger partial charge on any atom is 0.239 e. The van der Waals surface area contributed by atoms with Crippen LogP contribution in [-0.4, -0.2) is 44.2 Å². The monoisotopic (exact) mass is 388 g/mol. The third-order valence-corrected chi connectivity index (χ3v) is 5.19. The molecule has 2 aliphatic rings. The zero-order chi connectivity index (χ0) is 17.1. The predicted molar refractivity (Wildman–Crippen MR) is 101 cm³/mol. The fourth-order valence-corrected chi connectivity index (χ4v) is 3.77. The van der Waals surface area contributed by atoms with E-state index < -0.39 is 0 Å². The maximum atomic E-state index is 12.7. The number of fused-ring (bicyclic) bond motifs is 1. The van der Waals surface area contributed by atoms with E-state index in [2.05, 4.69) is 21.5 Å². The summed E-state index contributed by atoms with van der Waals surface area (Å²) in [6.07, 6.45) is 0.809. The molecule has 2 fully saturated rings. The van der Waals surface area contributed by atoms with E-state index in [4.69, 9.17) is 16.3 Å². The Bertz CT molecular complexity index is 572. The van der Waals surface area contributed by atoms with Gasteiger partial charge in [0.05, 0.1) is 6.04 Å². The summed E-state index contributed by atoms with van der Waals surface area (Å²) < 4.78 is 5.60. The van der Waals surface area contributed by atoms with Crippen LogP contribution >= 0.6 is 24.0 Å². The molecule has 5 unspecified atom stereocenters. The van der Waals surface area contributed by atoms with Crippen LogP contribution in [0.15, 0.2) is 24.3 Å². The summed E-state index contributed by atoms with van der Waals surface area (Å²) in [5.74, 6) is 0.268. The Morgan fingerprint density at radius 2 is 2.04 bits per heavy atom. The molecule has 2 heterocycles. The molecule has 1 aromatic carbocycles. The molecular weight excluding hydrogens is 363 g/mol. The van der Waals surface area contributed by atoms with Gasteiger partial charge >= 0.3 is 0 Å². The topological polar surface area (TPSA) is 74.4 Å². The molecule has 0 spiro atoms. The molecule has 2 aliphatic heterocycles. The molecule has 0 aromatic heterocycles. The summed E-state index contributed by atoms with van der Waals surface area (Å²) in [4.78, 5) is 12.7. The van der Waals surface area contributed by atoms with Gasteiger partial charge in [0.15, 0.2) is 0 Å². The van der Waals surface area contributed by atoms with Gasteiger partial charge in [-0.15, -0.1) is 12.4 Å². The van der Waals surface area contributed by atoms with Crippen LogP contribution in [0.2, 0.25) is 5.02 Å². The van der Waals surface area contributed by atoms with Crippen molar-refractivity contribution in [2.24, 2.45) is 5.92 Å². The van der Waals surface area contributed by atoms with Gasteiger partial charge in [-0.2, -0.15) is 0 Å². The fourth-order valence-electron chi connectivity index (χ4n) is 3.65. The van der Waals surface area contributed by atoms with Crippen molar-refractivity contribution >= 4 is 29.9 Å². The third-order valence-electron chi connectivity index (χ3n) is 4.94. The highest BCUT2D eigenvalue weighted by atomic mass is 35.5. The second kappa shape index (κ2) is 9.16. The molecule has 5 atom stereocenters. The average molecular weight is 389 g/mol. The van der Waals surface area contributed by atoms with Gasteiger partial charge in [0.2, 0.25) is 5.91 Å². The van der Waals surface area contributed by atoms with E-state index in [1.54, 1.807) is 7.11 Å². The van der Waals surface area contributed by atoms with E-state index in [0.29, 0.717) is 11.1 Å². The van der Waals surface area contributed by atoms with Crippen LogP contribution in [0.4, 0.5) is 0 Å². The minimum atomic E-state index is -0.229. The molecule has 3 rings (SSSR count). The molecule has 1 aromatic rings. The summed E-state index contributed by atoms with van der Waals surface area (Å²) in [7, 11) is 1.65. The predicted octanol–water partition coefficient (Wildman–Crippen LogP) is 1.41. The molecule has 140 valence electrons. The standard InChI is InChI=1S/C17H25ClN4O2.ClH/c1-10(16(24-2)11-3-5-12(18)6-4-11)20-17(23)15-13-9-19-8-7-14(13)21-22-15;/h3-6,10,13-16,19,21-22H,7-9H2,1-2H3,(H,20,23);1H. The SMILES string of the molecule is COC(c1ccc(Cl)cc1)C(C)NC(=O)C1NNC2CCNCC21.Cl. The Hall–Kier alpha value is -0.890. The molecule has 0 aliphatic carbocycles. The number of benzene rings is 1. The number of ether oxygens (including phenoxy) is 1. The maximum absolute atomic E-state index is 12.7. The number of rotatable bonds is 5. The first kappa shape index (κ1) is 20.4. The van der Waals surface area contributed by atoms with Crippen LogP contribution in [0.3, 0.4) is 0 Å². The van der Waals surface area contributed by atoms with Crippen molar-refractivity contribution < 1.29 is 9.53 Å². The zero-order valence-corrected chi connectivity index (χ0v) is 16.0. The molecule has 4 N–H and O–H groups in total. The van der Waals surface area contributed by atoms with Crippen molar-refractivity contribution in [1.29, 1.82) is 0 Å². The smallest absolute Gasteiger partial charge is 0.239 e. The Balaban J connectivity index is 0.00000225. The minimum Gasteiger partial charge on any atom is -0.375 e. The lowest BCUT2D eigenvalue weighted by Crippen LogP contribution is -2.52. The van der Waals surface area contributed by atoms with E-state index in [-0.39, 0.29) is 42.4 Å². The van der Waals surface area contributed by atoms with E-state index >= 15 is 0 Å². The van der Waals surface area contributed by atoms with Gasteiger partial charge in [-0.1, -0.05) is 23.7 Å². The Morgan fingerprint density at radius 3 is 2.72 bits per heavy atom. The van der Waals surface area contributed by atoms with Crippen molar-refractivity contribution in [2.75, 3.05) is 20.2 Å². The number of hydrazine groups is 1. The number of amides is 1. The van der Waals surface area contributed by atoms with Gasteiger partial charge in [0.1, 0.15) is 12.1 Å². The first-order valence-corrected chi connectivity index (χ1v) is 8.78. The van der Waals surface area contributed by atoms with Crippen LogP contribution in [0, 0.1) is 5.92 Å². The van der Waals surface area contributed by atoms with Crippen molar-refractivity contribution in [3.63, 3.8) is 0 Å². The quantitative estimate of drug-likeness (QED) is 0.613. The van der Waals surface area contributed by atoms with E-state index in [0.717, 1.165) is 25.1 Å². The number of halogens is 2. The lowest BCUT2D eigenvalue weighted by Gasteiger charge is -2.29. The number of hydrogen-bond donors (Lipinski definition) is 4. The summed E-state index contributed by atoms with van der Waals surface area (Å²) in [6.45, 7) is 3.80. The van der Waals surface area contributed by atoms with Gasteiger partial charge in [0.25, 0.3) is 0 Å². The normalized spacial score (nSPS) is 27.7. The summed E-state index contributed by atoms with van der Waals surface area (Å²) in [5.41, 5.74) is 7.38. The van der Waals surface area contributed by atoms with Crippen LogP contribution in [-0.2, 0) is 9.53 Å². The molecule has 1 amide bonds. The van der Waals surface area contributed by atoms with Crippen LogP contribution in [0.25, 0.3) is 0 Å². The highest BCUT2D eigenvalue weighted by Gasteiger charge is 2.41. The van der Waals surface area contributed by atoms with E-state index in [1.807, 2.05) is 31.2 Å². The molecule has 0 radical (unpaired) electrons. The second-order valence-electron chi connectivity index (χ2n) is 6.53. The molecule has 2 saturated heterocycles. The summed E-state index contributed by atoms with van der Waals surface area (Å²) in [5, 5.41) is 7.14. The summed E-state index contributed by atoms with van der Waals surface area (Å²) in [6, 6.07) is 7.49. The average Bonchev–Trinajstić information content (AvgIpc) is 3.01. The fraction of sp³-hybridized carbons (Fsp3) is 0.588. The van der Waals surface area contributed by atoms with Crippen molar-refractivity contribution in [3.05, 3.63) is 34.9 Å². The number of carbonyl (C=O) groups excluding carboxylic acids is 1. The molecule has 8 heteroatoms. The van der Waals surface area contributed by atoms with Gasteiger partial charge in [0, 0.05) is 30.6 Å². The van der Waals surface area contributed by atoms with Crippen molar-refractivity contribution in [3.8, 4) is 0 Å². The Labute approximate surface area is 159 Å². The zero-order valence-electron chi connectivity index (χ0n) is 14.4. The highest BCUT2D eigenvalue weighted by molar-refractivity contribution is 6.30. The van der Waals surface area contributed by atoms with Crippen molar-refractivity contribution in [2.45, 2.75) is 37.6 Å². The molecule has 6 nitrogen and oxygen atoms in total. The van der Waals surface area contributed by atoms with Gasteiger partial charge in [-0.25, -0.2) is 5.43 Å². The number of carbonyl (C=O) groups is 1. The van der Waals surface area contributed by atoms with E-state index in [1.165, 1.54) is 0 Å². The van der Waals surface area contributed by atoms with Crippen LogP contribution < -0.4 is 21.5 Å². The molecular formula is C17H26Cl2N4O2. The van der Waals surface area contributed by atoms with Gasteiger partial charge in [-0.05, 0) is 37.6 Å². The van der Waals surface area contributed by atoms with Crippen LogP contribution in [0.5, 0.6) is 0 Å². The van der Waals surface area contributed by atoms with Gasteiger partial charge < -0.3 is 15.4 Å². The Kier molecular flexibility index (Phi) is 7.49.